The molecule has 2 N–H and O–H groups in total. The number of benzene rings is 1. The van der Waals surface area contributed by atoms with E-state index in [2.05, 4.69) is 43.2 Å². The van der Waals surface area contributed by atoms with Crippen LogP contribution in [0.4, 0.5) is 5.69 Å². The van der Waals surface area contributed by atoms with Crippen LogP contribution in [0, 0.1) is 0 Å². The van der Waals surface area contributed by atoms with Crippen LogP contribution in [0.15, 0.2) is 34.2 Å². The molecule has 0 radical (unpaired) electrons. The summed E-state index contributed by atoms with van der Waals surface area (Å²) in [4.78, 5) is 24.3. The first-order valence-electron chi connectivity index (χ1n) is 8.95. The van der Waals surface area contributed by atoms with Crippen LogP contribution >= 0.6 is 11.8 Å². The predicted octanol–water partition coefficient (Wildman–Crippen LogP) is 3.79. The lowest BCUT2D eigenvalue weighted by Crippen LogP contribution is -2.24. The van der Waals surface area contributed by atoms with Gasteiger partial charge >= 0.3 is 5.69 Å². The Morgan fingerprint density at radius 2 is 1.96 bits per heavy atom. The number of rotatable bonds is 7. The Morgan fingerprint density at radius 1 is 1.31 bits per heavy atom. The van der Waals surface area contributed by atoms with E-state index in [0.29, 0.717) is 11.7 Å². The molecule has 0 saturated heterocycles. The SMILES string of the molecule is CCCCn1c(SC(C)C(=O)Nc2ccc(C(C)(C)C)cc2)n[nH]c1=O. The number of H-pyrrole nitrogens is 1. The van der Waals surface area contributed by atoms with E-state index in [1.165, 1.54) is 17.3 Å². The molecule has 2 aromatic rings. The molecule has 6 nitrogen and oxygen atoms in total. The largest absolute Gasteiger partial charge is 0.343 e. The number of anilines is 1. The van der Waals surface area contributed by atoms with Crippen LogP contribution in [0.2, 0.25) is 0 Å². The molecular formula is C19H28N4O2S. The number of nitrogens with one attached hydrogen (secondary N) is 2. The minimum absolute atomic E-state index is 0.0772. The molecule has 1 amide bonds. The average Bonchev–Trinajstić information content (AvgIpc) is 2.92. The zero-order chi connectivity index (χ0) is 19.3. The molecule has 0 fully saturated rings. The van der Waals surface area contributed by atoms with Crippen molar-refractivity contribution in [2.75, 3.05) is 5.32 Å². The molecule has 0 saturated carbocycles. The Kier molecular flexibility index (Phi) is 6.69. The molecule has 1 aromatic carbocycles. The molecule has 0 aliphatic heterocycles. The molecule has 2 rings (SSSR count). The summed E-state index contributed by atoms with van der Waals surface area (Å²) in [5, 5.41) is 9.62. The molecule has 7 heteroatoms. The standard InChI is InChI=1S/C19H28N4O2S/c1-6-7-12-23-17(25)21-22-18(23)26-13(2)16(24)20-15-10-8-14(9-11-15)19(3,4)5/h8-11,13H,6-7,12H2,1-5H3,(H,20,24)(H,21,25). The molecule has 1 atom stereocenters. The number of unbranched alkanes of at least 4 members (excludes halogenated alkanes) is 1. The third kappa shape index (κ3) is 5.24. The van der Waals surface area contributed by atoms with E-state index in [-0.39, 0.29) is 22.3 Å². The number of thioether (sulfide) groups is 1. The van der Waals surface area contributed by atoms with Crippen molar-refractivity contribution in [3.63, 3.8) is 0 Å². The van der Waals surface area contributed by atoms with Gasteiger partial charge in [-0.05, 0) is 36.5 Å². The second-order valence-corrected chi connectivity index (χ2v) is 8.70. The Labute approximate surface area is 158 Å². The van der Waals surface area contributed by atoms with E-state index in [4.69, 9.17) is 0 Å². The fourth-order valence-corrected chi connectivity index (χ4v) is 3.30. The maximum Gasteiger partial charge on any atom is 0.343 e. The zero-order valence-corrected chi connectivity index (χ0v) is 16.9. The monoisotopic (exact) mass is 376 g/mol. The first kappa shape index (κ1) is 20.3. The molecule has 0 spiro atoms. The van der Waals surface area contributed by atoms with Gasteiger partial charge in [0, 0.05) is 12.2 Å². The molecule has 1 aromatic heterocycles. The van der Waals surface area contributed by atoms with E-state index in [0.717, 1.165) is 18.5 Å². The second-order valence-electron chi connectivity index (χ2n) is 7.39. The number of hydrogen-bond donors (Lipinski definition) is 2. The highest BCUT2D eigenvalue weighted by molar-refractivity contribution is 8.00. The Balaban J connectivity index is 2.01. The molecule has 0 bridgehead atoms. The highest BCUT2D eigenvalue weighted by atomic mass is 32.2. The smallest absolute Gasteiger partial charge is 0.325 e. The van der Waals surface area contributed by atoms with Crippen molar-refractivity contribution < 1.29 is 4.79 Å². The number of aromatic amines is 1. The number of amides is 1. The zero-order valence-electron chi connectivity index (χ0n) is 16.1. The van der Waals surface area contributed by atoms with Crippen LogP contribution in [0.3, 0.4) is 0 Å². The van der Waals surface area contributed by atoms with Gasteiger partial charge in [-0.1, -0.05) is 58.0 Å². The van der Waals surface area contributed by atoms with E-state index in [9.17, 15) is 9.59 Å². The summed E-state index contributed by atoms with van der Waals surface area (Å²) in [5.74, 6) is -0.115. The van der Waals surface area contributed by atoms with E-state index < -0.39 is 0 Å². The van der Waals surface area contributed by atoms with Crippen LogP contribution in [0.5, 0.6) is 0 Å². The van der Waals surface area contributed by atoms with Gasteiger partial charge in [0.1, 0.15) is 0 Å². The summed E-state index contributed by atoms with van der Waals surface area (Å²) in [6.45, 7) is 11.0. The summed E-state index contributed by atoms with van der Waals surface area (Å²) >= 11 is 1.28. The highest BCUT2D eigenvalue weighted by Crippen LogP contribution is 2.25. The van der Waals surface area contributed by atoms with E-state index in [1.54, 1.807) is 4.57 Å². The topological polar surface area (TPSA) is 79.8 Å². The Bertz CT molecular complexity index is 787. The minimum atomic E-state index is -0.368. The van der Waals surface area contributed by atoms with Gasteiger partial charge in [0.05, 0.1) is 5.25 Å². The van der Waals surface area contributed by atoms with Gasteiger partial charge in [-0.3, -0.25) is 9.36 Å². The summed E-state index contributed by atoms with van der Waals surface area (Å²) in [5.41, 5.74) is 1.83. The summed E-state index contributed by atoms with van der Waals surface area (Å²) < 4.78 is 1.59. The summed E-state index contributed by atoms with van der Waals surface area (Å²) in [7, 11) is 0. The quantitative estimate of drug-likeness (QED) is 0.721. The van der Waals surface area contributed by atoms with Gasteiger partial charge in [0.25, 0.3) is 0 Å². The van der Waals surface area contributed by atoms with Crippen molar-refractivity contribution in [3.05, 3.63) is 40.3 Å². The van der Waals surface area contributed by atoms with Crippen molar-refractivity contribution in [1.82, 2.24) is 14.8 Å². The first-order valence-corrected chi connectivity index (χ1v) is 9.83. The number of hydrogen-bond acceptors (Lipinski definition) is 4. The van der Waals surface area contributed by atoms with Crippen LogP contribution in [0.1, 0.15) is 53.0 Å². The van der Waals surface area contributed by atoms with Gasteiger partial charge < -0.3 is 5.32 Å². The summed E-state index contributed by atoms with van der Waals surface area (Å²) in [6.07, 6.45) is 1.88. The van der Waals surface area contributed by atoms with E-state index in [1.807, 2.05) is 31.2 Å². The number of carbonyl (C=O) groups excluding carboxylic acids is 1. The van der Waals surface area contributed by atoms with Gasteiger partial charge in [0.15, 0.2) is 5.16 Å². The van der Waals surface area contributed by atoms with Crippen molar-refractivity contribution in [3.8, 4) is 0 Å². The van der Waals surface area contributed by atoms with Gasteiger partial charge in [-0.25, -0.2) is 9.89 Å². The minimum Gasteiger partial charge on any atom is -0.325 e. The third-order valence-electron chi connectivity index (χ3n) is 4.13. The third-order valence-corrected chi connectivity index (χ3v) is 5.22. The fraction of sp³-hybridized carbons (Fsp3) is 0.526. The van der Waals surface area contributed by atoms with Gasteiger partial charge in [-0.2, -0.15) is 0 Å². The summed E-state index contributed by atoms with van der Waals surface area (Å²) in [6, 6.07) is 7.90. The molecule has 1 heterocycles. The van der Waals surface area contributed by atoms with Crippen molar-refractivity contribution >= 4 is 23.4 Å². The van der Waals surface area contributed by atoms with Crippen molar-refractivity contribution in [2.45, 2.75) is 69.8 Å². The lowest BCUT2D eigenvalue weighted by molar-refractivity contribution is -0.115. The van der Waals surface area contributed by atoms with Crippen LogP contribution in [-0.4, -0.2) is 25.9 Å². The van der Waals surface area contributed by atoms with Gasteiger partial charge in [-0.15, -0.1) is 5.10 Å². The van der Waals surface area contributed by atoms with Crippen LogP contribution in [-0.2, 0) is 16.8 Å². The Morgan fingerprint density at radius 3 is 2.54 bits per heavy atom. The Hall–Kier alpha value is -2.02. The molecular weight excluding hydrogens is 348 g/mol. The molecule has 1 unspecified atom stereocenters. The molecule has 0 aliphatic carbocycles. The number of nitrogens with zero attached hydrogens (tertiary/aromatic N) is 2. The maximum absolute atomic E-state index is 12.5. The number of aromatic nitrogens is 3. The highest BCUT2D eigenvalue weighted by Gasteiger charge is 2.19. The van der Waals surface area contributed by atoms with Crippen LogP contribution in [0.25, 0.3) is 0 Å². The average molecular weight is 377 g/mol. The van der Waals surface area contributed by atoms with E-state index >= 15 is 0 Å². The van der Waals surface area contributed by atoms with Crippen molar-refractivity contribution in [1.29, 1.82) is 0 Å². The maximum atomic E-state index is 12.5. The lowest BCUT2D eigenvalue weighted by Gasteiger charge is -2.19. The number of carbonyl (C=O) groups is 1. The molecule has 142 valence electrons. The van der Waals surface area contributed by atoms with Crippen molar-refractivity contribution in [2.24, 2.45) is 0 Å². The molecule has 26 heavy (non-hydrogen) atoms. The van der Waals surface area contributed by atoms with Gasteiger partial charge in [0.2, 0.25) is 5.91 Å². The lowest BCUT2D eigenvalue weighted by atomic mass is 9.87. The molecule has 0 aliphatic rings. The fourth-order valence-electron chi connectivity index (χ4n) is 2.42. The predicted molar refractivity (Wildman–Crippen MR) is 107 cm³/mol. The normalized spacial score (nSPS) is 12.8. The first-order chi connectivity index (χ1) is 12.2. The second kappa shape index (κ2) is 8.58. The van der Waals surface area contributed by atoms with Crippen LogP contribution < -0.4 is 11.0 Å².